The molecule has 2 aromatic rings. The monoisotopic (exact) mass is 728 g/mol. The summed E-state index contributed by atoms with van der Waals surface area (Å²) in [5, 5.41) is 6.48. The molecular formula is C30H35F2N4O13P. The van der Waals surface area contributed by atoms with Gasteiger partial charge in [-0.2, -0.15) is 0 Å². The second-order valence-corrected chi connectivity index (χ2v) is 13.2. The fraction of sp³-hybridized carbons (Fsp3) is 0.500. The van der Waals surface area contributed by atoms with E-state index in [-0.39, 0.29) is 30.3 Å². The Morgan fingerprint density at radius 1 is 1.22 bits per heavy atom. The lowest BCUT2D eigenvalue weighted by Gasteiger charge is -2.42. The third-order valence-electron chi connectivity index (χ3n) is 8.83. The first-order chi connectivity index (χ1) is 23.5. The number of carbonyl (C=O) groups is 3. The van der Waals surface area contributed by atoms with Crippen molar-refractivity contribution in [3.63, 3.8) is 0 Å². The Hall–Kier alpha value is -4.58. The van der Waals surface area contributed by atoms with Crippen molar-refractivity contribution in [3.05, 3.63) is 63.1 Å². The normalized spacial score (nSPS) is 22.4. The van der Waals surface area contributed by atoms with E-state index in [0.717, 1.165) is 12.1 Å². The molecule has 3 aliphatic heterocycles. The van der Waals surface area contributed by atoms with Gasteiger partial charge in [0.15, 0.2) is 11.3 Å². The molecule has 5 atom stereocenters. The molecular weight excluding hydrogens is 693 g/mol. The fourth-order valence-electron chi connectivity index (χ4n) is 5.97. The maximum Gasteiger partial charge on any atom is 0.511 e. The predicted octanol–water partition coefficient (Wildman–Crippen LogP) is 2.73. The zero-order valence-electron chi connectivity index (χ0n) is 27.3. The lowest BCUT2D eigenvalue weighted by Crippen LogP contribution is -2.52. The van der Waals surface area contributed by atoms with Crippen LogP contribution in [0.4, 0.5) is 13.6 Å². The van der Waals surface area contributed by atoms with E-state index >= 15 is 0 Å². The number of aromatic nitrogens is 1. The van der Waals surface area contributed by atoms with Crippen LogP contribution < -0.4 is 15.5 Å². The van der Waals surface area contributed by atoms with Crippen molar-refractivity contribution in [1.29, 1.82) is 0 Å². The van der Waals surface area contributed by atoms with Gasteiger partial charge in [0.2, 0.25) is 23.9 Å². The van der Waals surface area contributed by atoms with Crippen molar-refractivity contribution < 1.29 is 65.8 Å². The van der Waals surface area contributed by atoms with E-state index in [2.05, 4.69) is 15.0 Å². The number of pyridine rings is 1. The largest absolute Gasteiger partial charge is 0.511 e. The summed E-state index contributed by atoms with van der Waals surface area (Å²) in [6, 6.07) is 1.71. The Bertz CT molecular complexity index is 1820. The molecule has 272 valence electrons. The van der Waals surface area contributed by atoms with E-state index in [1.54, 1.807) is 0 Å². The van der Waals surface area contributed by atoms with Crippen molar-refractivity contribution in [2.75, 3.05) is 20.4 Å². The Labute approximate surface area is 283 Å². The predicted molar refractivity (Wildman–Crippen MR) is 165 cm³/mol. The summed E-state index contributed by atoms with van der Waals surface area (Å²) in [7, 11) is -3.47. The molecule has 1 aromatic heterocycles. The molecule has 1 spiro atoms. The standard InChI is InChI=1S/C30H35F2N4O13P/c1-15-7-8-30(10-23(44-4)34-49-30)22-13-35(15)28(39)24-26(45-14-46-29(40)47-16(2)17(3)48-50(41,42)43)25(37)20(12-36(22)24)27(38)33-11-18-5-6-19(31)9-21(18)32/h5-6,9,12,15-17,22H,7-8,10-11,13-14H2,1-4H3,(H,33,38)(H2,41,42,43)/t15-,16-,17+,22+,30-/m0/s1. The molecule has 3 aliphatic rings. The third kappa shape index (κ3) is 7.60. The molecule has 50 heavy (non-hydrogen) atoms. The first-order valence-electron chi connectivity index (χ1n) is 15.3. The maximum atomic E-state index is 14.3. The van der Waals surface area contributed by atoms with Crippen molar-refractivity contribution in [1.82, 2.24) is 14.8 Å². The van der Waals surface area contributed by atoms with Gasteiger partial charge in [-0.25, -0.2) is 18.1 Å². The highest BCUT2D eigenvalue weighted by atomic mass is 31.2. The van der Waals surface area contributed by atoms with E-state index in [1.165, 1.54) is 36.6 Å². The maximum absolute atomic E-state index is 14.3. The number of amides is 2. The number of nitrogens with zero attached hydrogens (tertiary/aromatic N) is 3. The highest BCUT2D eigenvalue weighted by molar-refractivity contribution is 7.46. The average Bonchev–Trinajstić information content (AvgIpc) is 3.42. The molecule has 0 unspecified atom stereocenters. The van der Waals surface area contributed by atoms with Crippen LogP contribution in [0.15, 0.2) is 34.3 Å². The number of fused-ring (bicyclic) bond motifs is 5. The van der Waals surface area contributed by atoms with Crippen molar-refractivity contribution >= 4 is 31.7 Å². The smallest absolute Gasteiger partial charge is 0.482 e. The van der Waals surface area contributed by atoms with Gasteiger partial charge < -0.3 is 48.4 Å². The minimum absolute atomic E-state index is 0.0675. The molecule has 3 N–H and O–H groups in total. The summed E-state index contributed by atoms with van der Waals surface area (Å²) in [5.74, 6) is -3.72. The lowest BCUT2D eigenvalue weighted by molar-refractivity contribution is -0.0659. The number of hydrogen-bond acceptors (Lipinski definition) is 12. The third-order valence-corrected chi connectivity index (χ3v) is 9.43. The van der Waals surface area contributed by atoms with Crippen LogP contribution in [0.25, 0.3) is 0 Å². The number of rotatable bonds is 10. The molecule has 17 nitrogen and oxygen atoms in total. The molecule has 2 bridgehead atoms. The summed E-state index contributed by atoms with van der Waals surface area (Å²) >= 11 is 0. The minimum Gasteiger partial charge on any atom is -0.482 e. The van der Waals surface area contributed by atoms with Gasteiger partial charge in [0, 0.05) is 37.0 Å². The van der Waals surface area contributed by atoms with Crippen LogP contribution in [0.1, 0.15) is 72.5 Å². The van der Waals surface area contributed by atoms with Gasteiger partial charge in [-0.05, 0) is 39.7 Å². The fourth-order valence-corrected chi connectivity index (χ4v) is 6.57. The van der Waals surface area contributed by atoms with Crippen LogP contribution in [0, 0.1) is 11.6 Å². The van der Waals surface area contributed by atoms with Crippen LogP contribution in [-0.2, 0) is 34.7 Å². The Balaban J connectivity index is 1.48. The molecule has 0 radical (unpaired) electrons. The number of phosphoric ester groups is 1. The summed E-state index contributed by atoms with van der Waals surface area (Å²) in [6.07, 6.45) is -1.56. The van der Waals surface area contributed by atoms with Crippen LogP contribution in [0.2, 0.25) is 0 Å². The first-order valence-corrected chi connectivity index (χ1v) is 16.9. The van der Waals surface area contributed by atoms with E-state index in [4.69, 9.17) is 33.6 Å². The first kappa shape index (κ1) is 36.7. The van der Waals surface area contributed by atoms with Crippen LogP contribution in [0.3, 0.4) is 0 Å². The zero-order chi connectivity index (χ0) is 36.5. The molecule has 1 aromatic carbocycles. The van der Waals surface area contributed by atoms with Gasteiger partial charge in [0.05, 0.1) is 19.6 Å². The second kappa shape index (κ2) is 14.3. The van der Waals surface area contributed by atoms with E-state index < -0.39 is 91.4 Å². The van der Waals surface area contributed by atoms with Gasteiger partial charge >= 0.3 is 14.0 Å². The average molecular weight is 729 g/mol. The summed E-state index contributed by atoms with van der Waals surface area (Å²) in [4.78, 5) is 79.2. The SMILES string of the molecule is COC1=NO[C@@]2(CC[C@H](C)N3C[C@H]2n2cc(C(=O)NCc4ccc(F)cc4F)c(=O)c(OCOC(=O)O[C@@H](C)[C@@H](C)OP(=O)(O)O)c2C3=O)C1. The Morgan fingerprint density at radius 3 is 2.62 bits per heavy atom. The molecule has 5 rings (SSSR count). The number of carbonyl (C=O) groups excluding carboxylic acids is 3. The zero-order valence-corrected chi connectivity index (χ0v) is 28.2. The second-order valence-electron chi connectivity index (χ2n) is 12.0. The number of hydrogen-bond donors (Lipinski definition) is 3. The topological polar surface area (TPSA) is 214 Å². The molecule has 2 amide bonds. The summed E-state index contributed by atoms with van der Waals surface area (Å²) in [5.41, 5.74) is -3.00. The van der Waals surface area contributed by atoms with Crippen LogP contribution >= 0.6 is 7.82 Å². The van der Waals surface area contributed by atoms with Crippen LogP contribution in [0.5, 0.6) is 5.75 Å². The number of oxime groups is 1. The molecule has 1 fully saturated rings. The van der Waals surface area contributed by atoms with Gasteiger partial charge in [-0.15, -0.1) is 0 Å². The number of benzene rings is 1. The highest BCUT2D eigenvalue weighted by Gasteiger charge is 2.55. The Kier molecular flexibility index (Phi) is 10.5. The van der Waals surface area contributed by atoms with Gasteiger partial charge in [-0.1, -0.05) is 11.2 Å². The molecule has 20 heteroatoms. The highest BCUT2D eigenvalue weighted by Crippen LogP contribution is 2.46. The minimum atomic E-state index is -4.89. The molecule has 1 saturated heterocycles. The molecule has 0 aliphatic carbocycles. The van der Waals surface area contributed by atoms with Crippen molar-refractivity contribution in [2.45, 2.75) is 76.5 Å². The van der Waals surface area contributed by atoms with Crippen molar-refractivity contribution in [3.8, 4) is 5.75 Å². The number of phosphoric acid groups is 1. The number of methoxy groups -OCH3 is 1. The number of ether oxygens (including phenoxy) is 4. The van der Waals surface area contributed by atoms with E-state index in [0.29, 0.717) is 24.8 Å². The Morgan fingerprint density at radius 2 is 1.96 bits per heavy atom. The number of nitrogens with one attached hydrogen (secondary N) is 1. The van der Waals surface area contributed by atoms with Gasteiger partial charge in [0.25, 0.3) is 11.8 Å². The van der Waals surface area contributed by atoms with Gasteiger partial charge in [-0.3, -0.25) is 18.9 Å². The molecule has 4 heterocycles. The quantitative estimate of drug-likeness (QED) is 0.183. The summed E-state index contributed by atoms with van der Waals surface area (Å²) in [6.45, 7) is 3.01. The summed E-state index contributed by atoms with van der Waals surface area (Å²) < 4.78 is 65.5. The van der Waals surface area contributed by atoms with Crippen LogP contribution in [-0.4, -0.2) is 87.4 Å². The number of halogens is 2. The van der Waals surface area contributed by atoms with Crippen molar-refractivity contribution in [2.24, 2.45) is 5.16 Å². The van der Waals surface area contributed by atoms with E-state index in [9.17, 15) is 32.5 Å². The lowest BCUT2D eigenvalue weighted by atomic mass is 9.85. The molecule has 0 saturated carbocycles. The van der Waals surface area contributed by atoms with E-state index in [1.807, 2.05) is 6.92 Å². The van der Waals surface area contributed by atoms with Gasteiger partial charge in [0.1, 0.15) is 29.4 Å².